The van der Waals surface area contributed by atoms with Gasteiger partial charge in [-0.2, -0.15) is 0 Å². The molecule has 0 aliphatic carbocycles. The first kappa shape index (κ1) is 10.5. The quantitative estimate of drug-likeness (QED) is 0.677. The zero-order valence-electron chi connectivity index (χ0n) is 9.08. The molecule has 0 saturated carbocycles. The summed E-state index contributed by atoms with van der Waals surface area (Å²) in [7, 11) is 0. The van der Waals surface area contributed by atoms with Gasteiger partial charge in [0.1, 0.15) is 0 Å². The van der Waals surface area contributed by atoms with Crippen LogP contribution in [0.2, 0.25) is 0 Å². The van der Waals surface area contributed by atoms with Gasteiger partial charge in [0.15, 0.2) is 0 Å². The Hall–Kier alpha value is -1.70. The van der Waals surface area contributed by atoms with E-state index < -0.39 is 0 Å². The predicted molar refractivity (Wildman–Crippen MR) is 69.8 cm³/mol. The average molecular weight is 285 g/mol. The summed E-state index contributed by atoms with van der Waals surface area (Å²) in [5.74, 6) is 0. The maximum atomic E-state index is 4.67. The third-order valence-electron chi connectivity index (χ3n) is 2.46. The fraction of sp³-hybridized carbons (Fsp3) is 0. The monoisotopic (exact) mass is 286 g/mol. The van der Waals surface area contributed by atoms with E-state index in [0.29, 0.717) is 14.5 Å². The van der Waals surface area contributed by atoms with E-state index in [1.54, 1.807) is 0 Å². The second kappa shape index (κ2) is 4.66. The predicted octanol–water partition coefficient (Wildman–Crippen LogP) is 2.87. The number of aromatic nitrogens is 2. The molecular formula is C14H10N2Se. The molecule has 3 rings (SSSR count). The molecule has 0 radical (unpaired) electrons. The molecular weight excluding hydrogens is 275 g/mol. The van der Waals surface area contributed by atoms with Gasteiger partial charge in [-0.25, -0.2) is 0 Å². The molecule has 82 valence electrons. The average Bonchev–Trinajstić information content (AvgIpc) is 2.90. The van der Waals surface area contributed by atoms with Crippen molar-refractivity contribution in [3.8, 4) is 21.5 Å². The molecule has 0 spiro atoms. The number of hydrogen-bond donors (Lipinski definition) is 0. The molecule has 2 aromatic heterocycles. The van der Waals surface area contributed by atoms with Crippen molar-refractivity contribution in [3.63, 3.8) is 0 Å². The molecule has 2 nitrogen and oxygen atoms in total. The number of pyridine rings is 1. The molecule has 0 aliphatic rings. The molecule has 17 heavy (non-hydrogen) atoms. The fourth-order valence-electron chi connectivity index (χ4n) is 1.62. The van der Waals surface area contributed by atoms with Gasteiger partial charge in [0.05, 0.1) is 0 Å². The summed E-state index contributed by atoms with van der Waals surface area (Å²) in [4.78, 5) is 11.2. The van der Waals surface area contributed by atoms with Crippen LogP contribution < -0.4 is 0 Å². The molecule has 3 aromatic rings. The summed E-state index contributed by atoms with van der Waals surface area (Å²) in [6.45, 7) is 0. The van der Waals surface area contributed by atoms with Gasteiger partial charge < -0.3 is 0 Å². The van der Waals surface area contributed by atoms with Crippen molar-refractivity contribution >= 4 is 14.5 Å². The van der Waals surface area contributed by atoms with E-state index in [2.05, 4.69) is 27.0 Å². The van der Waals surface area contributed by atoms with Crippen molar-refractivity contribution in [2.24, 2.45) is 0 Å². The summed E-state index contributed by atoms with van der Waals surface area (Å²) in [6, 6.07) is 16.2. The SMILES string of the molecule is c1ccc(-c2c[se]c(-c3ccccn3)n2)cc1. The first-order valence-corrected chi connectivity index (χ1v) is 7.20. The Kier molecular flexibility index (Phi) is 2.86. The van der Waals surface area contributed by atoms with Gasteiger partial charge in [0.2, 0.25) is 0 Å². The normalized spacial score (nSPS) is 10.4. The van der Waals surface area contributed by atoms with Crippen LogP contribution in [0.3, 0.4) is 0 Å². The van der Waals surface area contributed by atoms with Crippen molar-refractivity contribution < 1.29 is 0 Å². The van der Waals surface area contributed by atoms with Crippen LogP contribution in [0.5, 0.6) is 0 Å². The summed E-state index contributed by atoms with van der Waals surface area (Å²) in [5.41, 5.74) is 3.25. The first-order chi connectivity index (χ1) is 8.43. The van der Waals surface area contributed by atoms with E-state index in [1.807, 2.05) is 42.6 Å². The minimum absolute atomic E-state index is 0.291. The van der Waals surface area contributed by atoms with E-state index in [1.165, 1.54) is 5.56 Å². The summed E-state index contributed by atoms with van der Waals surface area (Å²) in [5, 5.41) is 0. The molecule has 0 unspecified atom stereocenters. The third kappa shape index (κ3) is 2.21. The van der Waals surface area contributed by atoms with Crippen LogP contribution in [-0.2, 0) is 0 Å². The molecule has 0 aliphatic heterocycles. The molecule has 0 atom stereocenters. The molecule has 0 saturated heterocycles. The summed E-state index contributed by atoms with van der Waals surface area (Å²) < 4.78 is 1.11. The Morgan fingerprint density at radius 2 is 1.65 bits per heavy atom. The Balaban J connectivity index is 1.99. The van der Waals surface area contributed by atoms with Crippen LogP contribution in [0.15, 0.2) is 59.7 Å². The van der Waals surface area contributed by atoms with Crippen molar-refractivity contribution in [2.45, 2.75) is 0 Å². The van der Waals surface area contributed by atoms with Crippen molar-refractivity contribution in [3.05, 3.63) is 59.7 Å². The summed E-state index contributed by atoms with van der Waals surface area (Å²) >= 11 is 0.291. The molecule has 2 heterocycles. The van der Waals surface area contributed by atoms with Crippen molar-refractivity contribution in [1.29, 1.82) is 0 Å². The van der Waals surface area contributed by atoms with Crippen molar-refractivity contribution in [1.82, 2.24) is 9.97 Å². The number of rotatable bonds is 2. The van der Waals surface area contributed by atoms with Gasteiger partial charge in [-0.15, -0.1) is 0 Å². The van der Waals surface area contributed by atoms with E-state index in [9.17, 15) is 0 Å². The van der Waals surface area contributed by atoms with E-state index >= 15 is 0 Å². The minimum atomic E-state index is 0.291. The molecule has 1 aromatic carbocycles. The van der Waals surface area contributed by atoms with Gasteiger partial charge in [-0.1, -0.05) is 0 Å². The second-order valence-corrected chi connectivity index (χ2v) is 5.42. The van der Waals surface area contributed by atoms with Gasteiger partial charge in [0.25, 0.3) is 0 Å². The van der Waals surface area contributed by atoms with Gasteiger partial charge in [0, 0.05) is 0 Å². The van der Waals surface area contributed by atoms with E-state index in [0.717, 1.165) is 16.0 Å². The van der Waals surface area contributed by atoms with Gasteiger partial charge >= 0.3 is 106 Å². The van der Waals surface area contributed by atoms with Gasteiger partial charge in [-0.05, 0) is 0 Å². The standard InChI is InChI=1S/C14H10N2Se/c1-2-6-11(7-3-1)13-10-17-14(16-13)12-8-4-5-9-15-12/h1-10H. The fourth-order valence-corrected chi connectivity index (χ4v) is 3.31. The third-order valence-corrected chi connectivity index (χ3v) is 4.27. The molecule has 3 heteroatoms. The zero-order valence-corrected chi connectivity index (χ0v) is 10.8. The maximum absolute atomic E-state index is 4.67. The van der Waals surface area contributed by atoms with Gasteiger partial charge in [-0.3, -0.25) is 0 Å². The molecule has 0 amide bonds. The first-order valence-electron chi connectivity index (χ1n) is 5.36. The topological polar surface area (TPSA) is 25.8 Å². The number of hydrogen-bond acceptors (Lipinski definition) is 2. The van der Waals surface area contributed by atoms with Crippen LogP contribution in [0.25, 0.3) is 21.5 Å². The Morgan fingerprint density at radius 3 is 2.41 bits per heavy atom. The molecule has 0 N–H and O–H groups in total. The summed E-state index contributed by atoms with van der Waals surface area (Å²) in [6.07, 6.45) is 1.81. The Morgan fingerprint density at radius 1 is 0.824 bits per heavy atom. The van der Waals surface area contributed by atoms with E-state index in [4.69, 9.17) is 0 Å². The number of nitrogens with zero attached hydrogens (tertiary/aromatic N) is 2. The van der Waals surface area contributed by atoms with Crippen LogP contribution in [-0.4, -0.2) is 24.5 Å². The van der Waals surface area contributed by atoms with Crippen LogP contribution >= 0.6 is 0 Å². The Bertz CT molecular complexity index is 548. The van der Waals surface area contributed by atoms with Crippen LogP contribution in [0, 0.1) is 0 Å². The zero-order chi connectivity index (χ0) is 11.5. The van der Waals surface area contributed by atoms with Crippen molar-refractivity contribution in [2.75, 3.05) is 0 Å². The molecule has 0 fully saturated rings. The van der Waals surface area contributed by atoms with E-state index in [-0.39, 0.29) is 0 Å². The number of benzene rings is 1. The molecule has 0 bridgehead atoms. The van der Waals surface area contributed by atoms with Crippen LogP contribution in [0.1, 0.15) is 0 Å². The Labute approximate surface area is 106 Å². The van der Waals surface area contributed by atoms with Crippen LogP contribution in [0.4, 0.5) is 0 Å². The second-order valence-electron chi connectivity index (χ2n) is 3.62.